The van der Waals surface area contributed by atoms with E-state index in [2.05, 4.69) is 4.98 Å². The number of carbonyl (C=O) groups is 2. The van der Waals surface area contributed by atoms with Gasteiger partial charge in [0.1, 0.15) is 5.82 Å². The minimum atomic E-state index is -0.434. The van der Waals surface area contributed by atoms with Gasteiger partial charge >= 0.3 is 0 Å². The molecule has 0 saturated heterocycles. The maximum absolute atomic E-state index is 12.8. The van der Waals surface area contributed by atoms with Crippen molar-refractivity contribution in [3.8, 4) is 5.88 Å². The highest BCUT2D eigenvalue weighted by molar-refractivity contribution is 6.21. The lowest BCUT2D eigenvalue weighted by Crippen LogP contribution is -2.38. The van der Waals surface area contributed by atoms with Crippen LogP contribution in [-0.4, -0.2) is 34.3 Å². The molecule has 6 heteroatoms. The van der Waals surface area contributed by atoms with Gasteiger partial charge in [0.15, 0.2) is 0 Å². The summed E-state index contributed by atoms with van der Waals surface area (Å²) < 4.78 is 18.2. The van der Waals surface area contributed by atoms with Crippen LogP contribution in [0.1, 0.15) is 34.1 Å². The number of ether oxygens (including phenoxy) is 1. The molecule has 1 aromatic heterocycles. The minimum Gasteiger partial charge on any atom is -0.478 e. The van der Waals surface area contributed by atoms with Crippen LogP contribution in [0.5, 0.6) is 5.88 Å². The summed E-state index contributed by atoms with van der Waals surface area (Å²) in [5.41, 5.74) is 0.871. The lowest BCUT2D eigenvalue weighted by molar-refractivity contribution is 0.0579. The highest BCUT2D eigenvalue weighted by Gasteiger charge is 2.37. The van der Waals surface area contributed by atoms with Crippen LogP contribution < -0.4 is 4.74 Å². The summed E-state index contributed by atoms with van der Waals surface area (Å²) in [6.45, 7) is 2.07. The van der Waals surface area contributed by atoms with Gasteiger partial charge in [-0.15, -0.1) is 0 Å². The number of aromatic nitrogens is 1. The van der Waals surface area contributed by atoms with Gasteiger partial charge in [0.25, 0.3) is 11.8 Å². The van der Waals surface area contributed by atoms with Crippen molar-refractivity contribution in [2.24, 2.45) is 0 Å². The quantitative estimate of drug-likeness (QED) is 0.796. The molecule has 1 aliphatic heterocycles. The molecule has 0 bridgehead atoms. The second-order valence-corrected chi connectivity index (χ2v) is 5.33. The van der Waals surface area contributed by atoms with E-state index in [4.69, 9.17) is 4.74 Å². The molecular formula is C17H15FN2O3. The number of hydrogen-bond acceptors (Lipinski definition) is 4. The van der Waals surface area contributed by atoms with Gasteiger partial charge in [-0.2, -0.15) is 0 Å². The summed E-state index contributed by atoms with van der Waals surface area (Å²) in [6, 6.07) is 9.17. The SMILES string of the molecule is C[C@H](CCOc1ccc(F)cn1)N1C(=O)c2ccccc2C1=O. The predicted molar refractivity (Wildman–Crippen MR) is 80.7 cm³/mol. The maximum Gasteiger partial charge on any atom is 0.261 e. The zero-order valence-electron chi connectivity index (χ0n) is 12.5. The Kier molecular flexibility index (Phi) is 4.06. The highest BCUT2D eigenvalue weighted by atomic mass is 19.1. The summed E-state index contributed by atoms with van der Waals surface area (Å²) >= 11 is 0. The molecule has 118 valence electrons. The molecule has 1 aromatic carbocycles. The average molecular weight is 314 g/mol. The summed E-state index contributed by atoms with van der Waals surface area (Å²) in [4.78, 5) is 29.7. The Morgan fingerprint density at radius 3 is 2.35 bits per heavy atom. The minimum absolute atomic E-state index is 0.271. The molecule has 3 rings (SSSR count). The maximum atomic E-state index is 12.8. The van der Waals surface area contributed by atoms with Gasteiger partial charge in [-0.1, -0.05) is 12.1 Å². The number of nitrogens with zero attached hydrogens (tertiary/aromatic N) is 2. The van der Waals surface area contributed by atoms with Crippen LogP contribution in [0.3, 0.4) is 0 Å². The Labute approximate surface area is 132 Å². The molecule has 2 amide bonds. The molecule has 1 atom stereocenters. The third-order valence-electron chi connectivity index (χ3n) is 3.75. The van der Waals surface area contributed by atoms with E-state index in [1.165, 1.54) is 17.0 Å². The first-order chi connectivity index (χ1) is 11.1. The molecule has 0 unspecified atom stereocenters. The number of amides is 2. The molecule has 0 spiro atoms. The van der Waals surface area contributed by atoms with Crippen molar-refractivity contribution in [1.29, 1.82) is 0 Å². The summed E-state index contributed by atoms with van der Waals surface area (Å²) in [6.07, 6.45) is 1.54. The van der Waals surface area contributed by atoms with E-state index in [1.807, 2.05) is 0 Å². The van der Waals surface area contributed by atoms with Gasteiger partial charge in [-0.25, -0.2) is 9.37 Å². The van der Waals surface area contributed by atoms with Crippen molar-refractivity contribution in [2.75, 3.05) is 6.61 Å². The molecule has 0 aliphatic carbocycles. The Morgan fingerprint density at radius 2 is 1.78 bits per heavy atom. The first-order valence-electron chi connectivity index (χ1n) is 7.29. The topological polar surface area (TPSA) is 59.5 Å². The number of pyridine rings is 1. The number of halogens is 1. The predicted octanol–water partition coefficient (Wildman–Crippen LogP) is 2.67. The summed E-state index contributed by atoms with van der Waals surface area (Å²) in [5, 5.41) is 0. The lowest BCUT2D eigenvalue weighted by atomic mass is 10.1. The van der Waals surface area contributed by atoms with Crippen molar-refractivity contribution in [2.45, 2.75) is 19.4 Å². The van der Waals surface area contributed by atoms with E-state index >= 15 is 0 Å². The van der Waals surface area contributed by atoms with E-state index in [9.17, 15) is 14.0 Å². The van der Waals surface area contributed by atoms with E-state index in [0.29, 0.717) is 23.4 Å². The Balaban J connectivity index is 1.61. The highest BCUT2D eigenvalue weighted by Crippen LogP contribution is 2.25. The number of rotatable bonds is 5. The summed E-state index contributed by atoms with van der Waals surface area (Å²) in [5.74, 6) is -0.686. The number of carbonyl (C=O) groups excluding carboxylic acids is 2. The van der Waals surface area contributed by atoms with Crippen molar-refractivity contribution >= 4 is 11.8 Å². The second kappa shape index (κ2) is 6.16. The van der Waals surface area contributed by atoms with E-state index in [-0.39, 0.29) is 24.5 Å². The third kappa shape index (κ3) is 2.92. The van der Waals surface area contributed by atoms with Crippen LogP contribution >= 0.6 is 0 Å². The smallest absolute Gasteiger partial charge is 0.261 e. The number of fused-ring (bicyclic) bond motifs is 1. The fourth-order valence-electron chi connectivity index (χ4n) is 2.52. The van der Waals surface area contributed by atoms with Gasteiger partial charge < -0.3 is 4.74 Å². The van der Waals surface area contributed by atoms with Gasteiger partial charge in [0, 0.05) is 18.5 Å². The lowest BCUT2D eigenvalue weighted by Gasteiger charge is -2.22. The first kappa shape index (κ1) is 15.1. The molecule has 2 aromatic rings. The fraction of sp³-hybridized carbons (Fsp3) is 0.235. The number of imide groups is 1. The molecule has 2 heterocycles. The third-order valence-corrected chi connectivity index (χ3v) is 3.75. The number of benzene rings is 1. The van der Waals surface area contributed by atoms with Gasteiger partial charge in [-0.3, -0.25) is 14.5 Å². The van der Waals surface area contributed by atoms with Crippen LogP contribution in [0.2, 0.25) is 0 Å². The van der Waals surface area contributed by atoms with E-state index in [1.54, 1.807) is 31.2 Å². The molecule has 0 fully saturated rings. The fourth-order valence-corrected chi connectivity index (χ4v) is 2.52. The van der Waals surface area contributed by atoms with E-state index < -0.39 is 5.82 Å². The normalized spacial score (nSPS) is 14.8. The van der Waals surface area contributed by atoms with Gasteiger partial charge in [0.05, 0.1) is 23.9 Å². The van der Waals surface area contributed by atoms with Gasteiger partial charge in [0.2, 0.25) is 5.88 Å². The molecule has 0 saturated carbocycles. The largest absolute Gasteiger partial charge is 0.478 e. The van der Waals surface area contributed by atoms with Gasteiger partial charge in [-0.05, 0) is 25.1 Å². The summed E-state index contributed by atoms with van der Waals surface area (Å²) in [7, 11) is 0. The standard InChI is InChI=1S/C17H15FN2O3/c1-11(8-9-23-15-7-6-12(18)10-19-15)20-16(21)13-4-2-3-5-14(13)17(20)22/h2-7,10-11H,8-9H2,1H3/t11-/m1/s1. The molecule has 0 radical (unpaired) electrons. The Morgan fingerprint density at radius 1 is 1.13 bits per heavy atom. The van der Waals surface area contributed by atoms with Crippen LogP contribution in [0.4, 0.5) is 4.39 Å². The van der Waals surface area contributed by atoms with Crippen LogP contribution in [0.15, 0.2) is 42.6 Å². The van der Waals surface area contributed by atoms with Crippen LogP contribution in [0, 0.1) is 5.82 Å². The number of hydrogen-bond donors (Lipinski definition) is 0. The first-order valence-corrected chi connectivity index (χ1v) is 7.29. The van der Waals surface area contributed by atoms with Crippen molar-refractivity contribution in [3.05, 3.63) is 59.5 Å². The zero-order chi connectivity index (χ0) is 16.4. The molecular weight excluding hydrogens is 299 g/mol. The second-order valence-electron chi connectivity index (χ2n) is 5.33. The molecule has 23 heavy (non-hydrogen) atoms. The Hall–Kier alpha value is -2.76. The molecule has 1 aliphatic rings. The zero-order valence-corrected chi connectivity index (χ0v) is 12.5. The molecule has 0 N–H and O–H groups in total. The average Bonchev–Trinajstić information content (AvgIpc) is 2.81. The van der Waals surface area contributed by atoms with Crippen molar-refractivity contribution < 1.29 is 18.7 Å². The van der Waals surface area contributed by atoms with Crippen molar-refractivity contribution in [3.63, 3.8) is 0 Å². The molecule has 5 nitrogen and oxygen atoms in total. The van der Waals surface area contributed by atoms with Crippen molar-refractivity contribution in [1.82, 2.24) is 9.88 Å². The Bertz CT molecular complexity index is 711. The monoisotopic (exact) mass is 314 g/mol. The van der Waals surface area contributed by atoms with E-state index in [0.717, 1.165) is 6.20 Å². The van der Waals surface area contributed by atoms with Crippen LogP contribution in [-0.2, 0) is 0 Å². The van der Waals surface area contributed by atoms with Crippen LogP contribution in [0.25, 0.3) is 0 Å².